The molecule has 2 aliphatic rings. The third-order valence-electron chi connectivity index (χ3n) is 6.49. The monoisotopic (exact) mass is 415 g/mol. The number of likely N-dealkylation sites (tertiary alicyclic amines) is 1. The number of nitrogens with zero attached hydrogens (tertiary/aromatic N) is 4. The smallest absolute Gasteiger partial charge is 0.317 e. The summed E-state index contributed by atoms with van der Waals surface area (Å²) < 4.78 is 1.83. The molecule has 3 heterocycles. The lowest BCUT2D eigenvalue weighted by Gasteiger charge is -2.34. The van der Waals surface area contributed by atoms with Crippen LogP contribution in [0.5, 0.6) is 0 Å². The van der Waals surface area contributed by atoms with E-state index in [1.165, 1.54) is 11.3 Å². The number of hydrogen-bond donors (Lipinski definition) is 1. The van der Waals surface area contributed by atoms with Crippen molar-refractivity contribution in [2.75, 3.05) is 31.1 Å². The molecular weight excluding hydrogens is 386 g/mol. The van der Waals surface area contributed by atoms with E-state index in [1.54, 1.807) is 6.20 Å². The minimum atomic E-state index is 0.0365. The Morgan fingerprint density at radius 2 is 1.90 bits per heavy atom. The van der Waals surface area contributed by atoms with Gasteiger partial charge in [0.2, 0.25) is 0 Å². The largest absolute Gasteiger partial charge is 0.371 e. The maximum absolute atomic E-state index is 12.7. The predicted molar refractivity (Wildman–Crippen MR) is 122 cm³/mol. The lowest BCUT2D eigenvalue weighted by Crippen LogP contribution is -2.45. The number of carbonyl (C=O) groups excluding carboxylic acids is 1. The Labute approximate surface area is 183 Å². The molecule has 1 saturated heterocycles. The minimum absolute atomic E-state index is 0.0365. The van der Waals surface area contributed by atoms with E-state index in [9.17, 15) is 4.79 Å². The van der Waals surface area contributed by atoms with Gasteiger partial charge in [0, 0.05) is 50.8 Å². The summed E-state index contributed by atoms with van der Waals surface area (Å²) >= 11 is 0. The summed E-state index contributed by atoms with van der Waals surface area (Å²) in [6.45, 7) is 4.42. The Morgan fingerprint density at radius 1 is 1.03 bits per heavy atom. The number of amides is 2. The lowest BCUT2D eigenvalue weighted by atomic mass is 9.96. The summed E-state index contributed by atoms with van der Waals surface area (Å²) in [5, 5.41) is 7.36. The van der Waals surface area contributed by atoms with Gasteiger partial charge in [0.25, 0.3) is 0 Å². The average molecular weight is 416 g/mol. The number of rotatable bonds is 5. The molecule has 0 saturated carbocycles. The van der Waals surface area contributed by atoms with Gasteiger partial charge in [0.05, 0.1) is 5.69 Å². The first-order valence-corrected chi connectivity index (χ1v) is 11.2. The number of piperidine rings is 1. The molecule has 2 aliphatic heterocycles. The van der Waals surface area contributed by atoms with Crippen LogP contribution in [0.2, 0.25) is 0 Å². The molecule has 0 spiro atoms. The van der Waals surface area contributed by atoms with Crippen LogP contribution in [0.1, 0.15) is 24.0 Å². The summed E-state index contributed by atoms with van der Waals surface area (Å²) in [7, 11) is 0. The highest BCUT2D eigenvalue weighted by molar-refractivity contribution is 5.74. The highest BCUT2D eigenvalue weighted by Gasteiger charge is 2.26. The Morgan fingerprint density at radius 3 is 2.74 bits per heavy atom. The predicted octanol–water partition coefficient (Wildman–Crippen LogP) is 3.86. The Hall–Kier alpha value is -3.28. The molecule has 1 aromatic heterocycles. The van der Waals surface area contributed by atoms with E-state index in [0.717, 1.165) is 56.7 Å². The molecule has 0 atom stereocenters. The van der Waals surface area contributed by atoms with Crippen molar-refractivity contribution in [3.63, 3.8) is 0 Å². The molecule has 0 bridgehead atoms. The van der Waals surface area contributed by atoms with Crippen molar-refractivity contribution in [3.8, 4) is 5.69 Å². The van der Waals surface area contributed by atoms with E-state index in [-0.39, 0.29) is 6.03 Å². The van der Waals surface area contributed by atoms with Gasteiger partial charge in [-0.05, 0) is 60.6 Å². The van der Waals surface area contributed by atoms with Gasteiger partial charge in [-0.2, -0.15) is 5.10 Å². The number of nitrogens with one attached hydrogen (secondary N) is 1. The molecule has 1 fully saturated rings. The first kappa shape index (κ1) is 19.7. The van der Waals surface area contributed by atoms with Crippen molar-refractivity contribution in [2.24, 2.45) is 5.92 Å². The molecule has 160 valence electrons. The van der Waals surface area contributed by atoms with Crippen molar-refractivity contribution < 1.29 is 4.79 Å². The third kappa shape index (κ3) is 4.43. The Balaban J connectivity index is 1.10. The van der Waals surface area contributed by atoms with Gasteiger partial charge in [-0.3, -0.25) is 0 Å². The van der Waals surface area contributed by atoms with Crippen LogP contribution >= 0.6 is 0 Å². The van der Waals surface area contributed by atoms with Gasteiger partial charge in [-0.15, -0.1) is 0 Å². The fourth-order valence-corrected chi connectivity index (χ4v) is 4.75. The Bertz CT molecular complexity index is 1020. The fourth-order valence-electron chi connectivity index (χ4n) is 4.75. The van der Waals surface area contributed by atoms with Crippen LogP contribution in [0.3, 0.4) is 0 Å². The summed E-state index contributed by atoms with van der Waals surface area (Å²) in [6.07, 6.45) is 6.98. The van der Waals surface area contributed by atoms with Gasteiger partial charge in [-0.25, -0.2) is 9.48 Å². The number of carbonyl (C=O) groups is 1. The van der Waals surface area contributed by atoms with Crippen molar-refractivity contribution in [1.82, 2.24) is 20.0 Å². The standard InChI is InChI=1S/C25H29N5O/c31-25(26-18-21-5-3-7-23(17-21)30-13-4-12-27-30)28-14-9-20(10-15-28)19-29-16-11-22-6-1-2-8-24(22)29/h1-8,12-13,17,20H,9-11,14-16,18-19H2,(H,26,31). The summed E-state index contributed by atoms with van der Waals surface area (Å²) in [5.74, 6) is 0.654. The minimum Gasteiger partial charge on any atom is -0.371 e. The highest BCUT2D eigenvalue weighted by atomic mass is 16.2. The number of fused-ring (bicyclic) bond motifs is 1. The molecule has 0 aliphatic carbocycles. The maximum Gasteiger partial charge on any atom is 0.317 e. The van der Waals surface area contributed by atoms with E-state index >= 15 is 0 Å². The number of urea groups is 1. The molecular formula is C25H29N5O. The summed E-state index contributed by atoms with van der Waals surface area (Å²) in [6, 6.07) is 18.8. The second-order valence-corrected chi connectivity index (χ2v) is 8.53. The second-order valence-electron chi connectivity index (χ2n) is 8.53. The molecule has 2 amide bonds. The topological polar surface area (TPSA) is 53.4 Å². The van der Waals surface area contributed by atoms with Crippen molar-refractivity contribution >= 4 is 11.7 Å². The van der Waals surface area contributed by atoms with E-state index in [1.807, 2.05) is 40.0 Å². The summed E-state index contributed by atoms with van der Waals surface area (Å²) in [5.41, 5.74) is 4.95. The Kier molecular flexibility index (Phi) is 5.61. The molecule has 31 heavy (non-hydrogen) atoms. The van der Waals surface area contributed by atoms with Gasteiger partial charge >= 0.3 is 6.03 Å². The van der Waals surface area contributed by atoms with E-state index in [4.69, 9.17) is 0 Å². The number of anilines is 1. The molecule has 1 N–H and O–H groups in total. The van der Waals surface area contributed by atoms with Crippen LogP contribution in [-0.4, -0.2) is 46.9 Å². The van der Waals surface area contributed by atoms with E-state index in [0.29, 0.717) is 12.5 Å². The average Bonchev–Trinajstić information content (AvgIpc) is 3.49. The van der Waals surface area contributed by atoms with Crippen molar-refractivity contribution in [2.45, 2.75) is 25.8 Å². The zero-order valence-electron chi connectivity index (χ0n) is 17.8. The first-order chi connectivity index (χ1) is 15.3. The molecule has 3 aromatic rings. The molecule has 5 rings (SSSR count). The molecule has 6 nitrogen and oxygen atoms in total. The van der Waals surface area contributed by atoms with Gasteiger partial charge in [0.15, 0.2) is 0 Å². The normalized spacial score (nSPS) is 16.4. The van der Waals surface area contributed by atoms with Crippen LogP contribution in [0.4, 0.5) is 10.5 Å². The highest BCUT2D eigenvalue weighted by Crippen LogP contribution is 2.30. The van der Waals surface area contributed by atoms with Crippen LogP contribution in [0, 0.1) is 5.92 Å². The molecule has 6 heteroatoms. The number of benzene rings is 2. The lowest BCUT2D eigenvalue weighted by molar-refractivity contribution is 0.171. The molecule has 0 unspecified atom stereocenters. The second kappa shape index (κ2) is 8.84. The zero-order valence-corrected chi connectivity index (χ0v) is 17.8. The van der Waals surface area contributed by atoms with Crippen LogP contribution < -0.4 is 10.2 Å². The number of hydrogen-bond acceptors (Lipinski definition) is 3. The van der Waals surface area contributed by atoms with Crippen LogP contribution in [0.15, 0.2) is 67.0 Å². The van der Waals surface area contributed by atoms with Crippen molar-refractivity contribution in [1.29, 1.82) is 0 Å². The van der Waals surface area contributed by atoms with E-state index in [2.05, 4.69) is 45.6 Å². The van der Waals surface area contributed by atoms with E-state index < -0.39 is 0 Å². The first-order valence-electron chi connectivity index (χ1n) is 11.2. The zero-order chi connectivity index (χ0) is 21.0. The summed E-state index contributed by atoms with van der Waals surface area (Å²) in [4.78, 5) is 17.2. The molecule has 0 radical (unpaired) electrons. The molecule has 2 aromatic carbocycles. The van der Waals surface area contributed by atoms with Gasteiger partial charge < -0.3 is 15.1 Å². The quantitative estimate of drug-likeness (QED) is 0.689. The fraction of sp³-hybridized carbons (Fsp3) is 0.360. The number of para-hydroxylation sites is 1. The number of aromatic nitrogens is 2. The van der Waals surface area contributed by atoms with Crippen LogP contribution in [0.25, 0.3) is 5.69 Å². The van der Waals surface area contributed by atoms with Crippen LogP contribution in [-0.2, 0) is 13.0 Å². The van der Waals surface area contributed by atoms with Crippen molar-refractivity contribution in [3.05, 3.63) is 78.1 Å². The third-order valence-corrected chi connectivity index (χ3v) is 6.49. The van der Waals surface area contributed by atoms with Gasteiger partial charge in [0.1, 0.15) is 0 Å². The van der Waals surface area contributed by atoms with Gasteiger partial charge in [-0.1, -0.05) is 30.3 Å². The maximum atomic E-state index is 12.7. The SMILES string of the molecule is O=C(NCc1cccc(-n2cccn2)c1)N1CCC(CN2CCc3ccccc32)CC1.